The maximum Gasteiger partial charge on any atom is 0.162 e. The molecule has 0 amide bonds. The lowest BCUT2D eigenvalue weighted by molar-refractivity contribution is 0.305. The molecule has 0 radical (unpaired) electrons. The van der Waals surface area contributed by atoms with E-state index in [1.165, 1.54) is 18.2 Å². The molecule has 26 heavy (non-hydrogen) atoms. The van der Waals surface area contributed by atoms with Crippen LogP contribution in [0.2, 0.25) is 0 Å². The predicted octanol–water partition coefficient (Wildman–Crippen LogP) is 7.61. The molecule has 1 aliphatic carbocycles. The van der Waals surface area contributed by atoms with Crippen LogP contribution >= 0.6 is 0 Å². The zero-order valence-corrected chi connectivity index (χ0v) is 14.9. The largest absolute Gasteiger partial charge is 0.208 e. The highest BCUT2D eigenvalue weighted by atomic mass is 19.2. The molecule has 0 nitrogen and oxygen atoms in total. The fourth-order valence-electron chi connectivity index (χ4n) is 3.68. The van der Waals surface area contributed by atoms with Crippen molar-refractivity contribution in [1.82, 2.24) is 0 Å². The summed E-state index contributed by atoms with van der Waals surface area (Å²) in [6.45, 7) is 5.59. The highest BCUT2D eigenvalue weighted by Gasteiger charge is 2.26. The van der Waals surface area contributed by atoms with E-state index in [9.17, 15) is 13.2 Å². The second kappa shape index (κ2) is 7.94. The maximum absolute atomic E-state index is 14.7. The van der Waals surface area contributed by atoms with Crippen molar-refractivity contribution < 1.29 is 13.2 Å². The third-order valence-electron chi connectivity index (χ3n) is 5.26. The first kappa shape index (κ1) is 18.5. The van der Waals surface area contributed by atoms with Gasteiger partial charge in [0.25, 0.3) is 0 Å². The summed E-state index contributed by atoms with van der Waals surface area (Å²) < 4.78 is 43.8. The van der Waals surface area contributed by atoms with Gasteiger partial charge >= 0.3 is 0 Å². The SMILES string of the molecule is C=CC1CCC(C(F)=C(F)c2ccc3c(F)c(/C=C/C)ccc3c2)CC1. The minimum atomic E-state index is -0.827. The molecule has 3 rings (SSSR count). The Hall–Kier alpha value is -2.29. The number of hydrogen-bond acceptors (Lipinski definition) is 0. The lowest BCUT2D eigenvalue weighted by atomic mass is 9.81. The van der Waals surface area contributed by atoms with Gasteiger partial charge in [0, 0.05) is 22.4 Å². The highest BCUT2D eigenvalue weighted by molar-refractivity contribution is 5.88. The van der Waals surface area contributed by atoms with Crippen molar-refractivity contribution in [3.63, 3.8) is 0 Å². The smallest absolute Gasteiger partial charge is 0.162 e. The second-order valence-electron chi connectivity index (χ2n) is 6.91. The number of allylic oxidation sites excluding steroid dienone is 3. The van der Waals surface area contributed by atoms with Crippen molar-refractivity contribution in [1.29, 1.82) is 0 Å². The molecular formula is C23H23F3. The number of rotatable bonds is 4. The van der Waals surface area contributed by atoms with Gasteiger partial charge in [-0.05, 0) is 50.0 Å². The van der Waals surface area contributed by atoms with Gasteiger partial charge in [-0.25, -0.2) is 13.2 Å². The molecule has 0 aromatic heterocycles. The van der Waals surface area contributed by atoms with Crippen molar-refractivity contribution >= 4 is 22.7 Å². The summed E-state index contributed by atoms with van der Waals surface area (Å²) in [5.41, 5.74) is 0.646. The van der Waals surface area contributed by atoms with Gasteiger partial charge in [-0.3, -0.25) is 0 Å². The van der Waals surface area contributed by atoms with Crippen LogP contribution in [0.3, 0.4) is 0 Å². The molecule has 0 bridgehead atoms. The summed E-state index contributed by atoms with van der Waals surface area (Å²) >= 11 is 0. The molecule has 0 aliphatic heterocycles. The van der Waals surface area contributed by atoms with Gasteiger partial charge in [0.2, 0.25) is 0 Å². The summed E-state index contributed by atoms with van der Waals surface area (Å²) in [7, 11) is 0. The van der Waals surface area contributed by atoms with Crippen molar-refractivity contribution in [2.75, 3.05) is 0 Å². The van der Waals surface area contributed by atoms with E-state index in [2.05, 4.69) is 6.58 Å². The summed E-state index contributed by atoms with van der Waals surface area (Å²) in [5, 5.41) is 0.968. The molecule has 0 heterocycles. The van der Waals surface area contributed by atoms with Gasteiger partial charge in [0.15, 0.2) is 5.83 Å². The quantitative estimate of drug-likeness (QED) is 0.494. The fourth-order valence-corrected chi connectivity index (χ4v) is 3.68. The van der Waals surface area contributed by atoms with Crippen LogP contribution in [0, 0.1) is 17.7 Å². The van der Waals surface area contributed by atoms with Crippen molar-refractivity contribution in [2.45, 2.75) is 32.6 Å². The van der Waals surface area contributed by atoms with Crippen LogP contribution in [-0.4, -0.2) is 0 Å². The monoisotopic (exact) mass is 356 g/mol. The molecule has 136 valence electrons. The van der Waals surface area contributed by atoms with E-state index >= 15 is 0 Å². The average Bonchev–Trinajstić information content (AvgIpc) is 2.69. The van der Waals surface area contributed by atoms with Gasteiger partial charge in [0.05, 0.1) is 0 Å². The number of fused-ring (bicyclic) bond motifs is 1. The summed E-state index contributed by atoms with van der Waals surface area (Å²) in [6.07, 6.45) is 8.28. The summed E-state index contributed by atoms with van der Waals surface area (Å²) in [6, 6.07) is 7.87. The lowest BCUT2D eigenvalue weighted by Gasteiger charge is -2.25. The fraction of sp³-hybridized carbons (Fsp3) is 0.304. The summed E-state index contributed by atoms with van der Waals surface area (Å²) in [5.74, 6) is -1.84. The number of benzene rings is 2. The molecule has 0 saturated heterocycles. The van der Waals surface area contributed by atoms with E-state index in [0.717, 1.165) is 12.8 Å². The first-order valence-corrected chi connectivity index (χ1v) is 9.08. The zero-order valence-electron chi connectivity index (χ0n) is 14.9. The van der Waals surface area contributed by atoms with E-state index < -0.39 is 11.7 Å². The standard InChI is InChI=1S/C23H23F3/c1-3-5-16-10-11-18-14-19(12-13-20(18)21(16)24)23(26)22(25)17-8-6-15(4-2)7-9-17/h3-5,10-15,17H,2,6-9H2,1H3/b5-3+,23-22?. The van der Waals surface area contributed by atoms with Crippen LogP contribution in [0.4, 0.5) is 13.2 Å². The van der Waals surface area contributed by atoms with Gasteiger partial charge in [-0.1, -0.05) is 42.5 Å². The normalized spacial score (nSPS) is 21.8. The molecular weight excluding hydrogens is 333 g/mol. The number of halogens is 3. The van der Waals surface area contributed by atoms with Crippen LogP contribution < -0.4 is 0 Å². The topological polar surface area (TPSA) is 0 Å². The Morgan fingerprint density at radius 3 is 2.46 bits per heavy atom. The number of hydrogen-bond donors (Lipinski definition) is 0. The molecule has 0 unspecified atom stereocenters. The third-order valence-corrected chi connectivity index (χ3v) is 5.26. The van der Waals surface area contributed by atoms with Crippen LogP contribution in [0.25, 0.3) is 22.7 Å². The molecule has 2 aromatic carbocycles. The first-order valence-electron chi connectivity index (χ1n) is 9.08. The lowest BCUT2D eigenvalue weighted by Crippen LogP contribution is -2.14. The van der Waals surface area contributed by atoms with Crippen LogP contribution in [0.5, 0.6) is 0 Å². The Morgan fingerprint density at radius 2 is 1.81 bits per heavy atom. The minimum Gasteiger partial charge on any atom is -0.208 e. The van der Waals surface area contributed by atoms with Crippen LogP contribution in [0.15, 0.2) is 54.9 Å². The molecule has 1 fully saturated rings. The van der Waals surface area contributed by atoms with E-state index in [4.69, 9.17) is 0 Å². The van der Waals surface area contributed by atoms with Crippen molar-refractivity contribution in [2.24, 2.45) is 11.8 Å². The molecule has 0 atom stereocenters. The highest BCUT2D eigenvalue weighted by Crippen LogP contribution is 2.38. The minimum absolute atomic E-state index is 0.166. The predicted molar refractivity (Wildman–Crippen MR) is 103 cm³/mol. The Balaban J connectivity index is 1.92. The van der Waals surface area contributed by atoms with E-state index in [1.54, 1.807) is 24.3 Å². The molecule has 0 N–H and O–H groups in total. The van der Waals surface area contributed by atoms with Crippen LogP contribution in [-0.2, 0) is 0 Å². The average molecular weight is 356 g/mol. The van der Waals surface area contributed by atoms with Gasteiger partial charge in [-0.2, -0.15) is 0 Å². The second-order valence-corrected chi connectivity index (χ2v) is 6.91. The Morgan fingerprint density at radius 1 is 1.08 bits per heavy atom. The Labute approximate surface area is 152 Å². The van der Waals surface area contributed by atoms with Crippen molar-refractivity contribution in [3.05, 3.63) is 71.8 Å². The first-order chi connectivity index (χ1) is 12.5. The molecule has 3 heteroatoms. The maximum atomic E-state index is 14.7. The Kier molecular flexibility index (Phi) is 5.65. The summed E-state index contributed by atoms with van der Waals surface area (Å²) in [4.78, 5) is 0. The van der Waals surface area contributed by atoms with E-state index in [1.807, 2.05) is 13.0 Å². The van der Waals surface area contributed by atoms with Gasteiger partial charge in [-0.15, -0.1) is 6.58 Å². The zero-order chi connectivity index (χ0) is 18.7. The van der Waals surface area contributed by atoms with Crippen LogP contribution in [0.1, 0.15) is 43.7 Å². The van der Waals surface area contributed by atoms with E-state index in [-0.39, 0.29) is 17.3 Å². The molecule has 1 aliphatic rings. The van der Waals surface area contributed by atoms with Gasteiger partial charge in [0.1, 0.15) is 11.6 Å². The molecule has 2 aromatic rings. The van der Waals surface area contributed by atoms with Crippen molar-refractivity contribution in [3.8, 4) is 0 Å². The van der Waals surface area contributed by atoms with E-state index in [0.29, 0.717) is 35.1 Å². The molecule has 0 spiro atoms. The Bertz CT molecular complexity index is 868. The molecule has 1 saturated carbocycles. The van der Waals surface area contributed by atoms with Gasteiger partial charge < -0.3 is 0 Å². The third kappa shape index (κ3) is 3.62.